The zero-order valence-corrected chi connectivity index (χ0v) is 7.56. The van der Waals surface area contributed by atoms with Crippen molar-refractivity contribution in [3.8, 4) is 11.6 Å². The van der Waals surface area contributed by atoms with E-state index in [2.05, 4.69) is 24.6 Å². The molecule has 84 valence electrons. The van der Waals surface area contributed by atoms with Crippen molar-refractivity contribution in [3.63, 3.8) is 0 Å². The molecule has 0 saturated heterocycles. The molecule has 9 heteroatoms. The molecule has 0 unspecified atom stereocenters. The fraction of sp³-hybridized carbons (Fsp3) is 0.143. The van der Waals surface area contributed by atoms with Crippen LogP contribution in [0.5, 0.6) is 0 Å². The molecule has 0 aliphatic heterocycles. The van der Waals surface area contributed by atoms with Gasteiger partial charge in [-0.15, -0.1) is 0 Å². The zero-order chi connectivity index (χ0) is 11.8. The van der Waals surface area contributed by atoms with Crippen LogP contribution < -0.4 is 5.73 Å². The van der Waals surface area contributed by atoms with Gasteiger partial charge < -0.3 is 10.3 Å². The van der Waals surface area contributed by atoms with Crippen molar-refractivity contribution in [2.45, 2.75) is 6.18 Å². The molecule has 0 amide bonds. The Bertz CT molecular complexity index is 509. The third kappa shape index (κ3) is 1.78. The molecule has 0 bridgehead atoms. The van der Waals surface area contributed by atoms with Crippen molar-refractivity contribution in [2.24, 2.45) is 0 Å². The molecule has 0 radical (unpaired) electrons. The van der Waals surface area contributed by atoms with E-state index in [0.717, 1.165) is 0 Å². The van der Waals surface area contributed by atoms with Gasteiger partial charge in [0.15, 0.2) is 11.5 Å². The molecule has 0 spiro atoms. The minimum absolute atomic E-state index is 0.0782. The Labute approximate surface area is 86.3 Å². The first-order valence-electron chi connectivity index (χ1n) is 3.96. The predicted molar refractivity (Wildman–Crippen MR) is 44.7 cm³/mol. The van der Waals surface area contributed by atoms with Crippen molar-refractivity contribution in [1.82, 2.24) is 20.1 Å². The lowest BCUT2D eigenvalue weighted by Gasteiger charge is -1.97. The van der Waals surface area contributed by atoms with E-state index in [1.807, 2.05) is 0 Å². The fourth-order valence-corrected chi connectivity index (χ4v) is 0.948. The van der Waals surface area contributed by atoms with E-state index < -0.39 is 17.9 Å². The third-order valence-corrected chi connectivity index (χ3v) is 1.61. The summed E-state index contributed by atoms with van der Waals surface area (Å²) in [6.45, 7) is 0. The van der Waals surface area contributed by atoms with Crippen molar-refractivity contribution >= 4 is 5.82 Å². The topological polar surface area (TPSA) is 90.7 Å². The second-order valence-corrected chi connectivity index (χ2v) is 2.71. The summed E-state index contributed by atoms with van der Waals surface area (Å²) < 4.78 is 40.9. The van der Waals surface area contributed by atoms with Gasteiger partial charge in [0.1, 0.15) is 0 Å². The van der Waals surface area contributed by atoms with E-state index in [1.165, 1.54) is 12.4 Å². The van der Waals surface area contributed by atoms with Crippen LogP contribution in [0, 0.1) is 0 Å². The van der Waals surface area contributed by atoms with Crippen LogP contribution in [0.1, 0.15) is 5.82 Å². The van der Waals surface area contributed by atoms with Crippen LogP contribution in [0.15, 0.2) is 16.9 Å². The summed E-state index contributed by atoms with van der Waals surface area (Å²) in [7, 11) is 0. The Kier molecular flexibility index (Phi) is 2.22. The van der Waals surface area contributed by atoms with E-state index in [9.17, 15) is 13.2 Å². The van der Waals surface area contributed by atoms with Gasteiger partial charge in [-0.25, -0.2) is 9.97 Å². The first-order valence-corrected chi connectivity index (χ1v) is 3.96. The lowest BCUT2D eigenvalue weighted by molar-refractivity contribution is -0.146. The highest BCUT2D eigenvalue weighted by atomic mass is 19.4. The molecule has 2 heterocycles. The van der Waals surface area contributed by atoms with E-state index >= 15 is 0 Å². The third-order valence-electron chi connectivity index (χ3n) is 1.61. The number of nitrogens with two attached hydrogens (primary N) is 1. The van der Waals surface area contributed by atoms with Gasteiger partial charge in [-0.2, -0.15) is 18.2 Å². The average molecular weight is 231 g/mol. The first kappa shape index (κ1) is 10.3. The SMILES string of the molecule is Nc1nccnc1-c1nc(C(F)(F)F)no1. The van der Waals surface area contributed by atoms with Crippen molar-refractivity contribution < 1.29 is 17.7 Å². The number of hydrogen-bond acceptors (Lipinski definition) is 6. The summed E-state index contributed by atoms with van der Waals surface area (Å²) in [5, 5.41) is 2.77. The molecule has 0 fully saturated rings. The Morgan fingerprint density at radius 1 is 1.19 bits per heavy atom. The van der Waals surface area contributed by atoms with E-state index in [4.69, 9.17) is 5.73 Å². The maximum atomic E-state index is 12.2. The Hall–Kier alpha value is -2.19. The van der Waals surface area contributed by atoms with E-state index in [0.29, 0.717) is 0 Å². The van der Waals surface area contributed by atoms with Crippen LogP contribution >= 0.6 is 0 Å². The quantitative estimate of drug-likeness (QED) is 0.790. The van der Waals surface area contributed by atoms with Crippen molar-refractivity contribution in [2.75, 3.05) is 5.73 Å². The molecule has 0 saturated carbocycles. The smallest absolute Gasteiger partial charge is 0.382 e. The Morgan fingerprint density at radius 3 is 2.44 bits per heavy atom. The van der Waals surface area contributed by atoms with Crippen LogP contribution in [0.4, 0.5) is 19.0 Å². The number of halogens is 3. The largest absolute Gasteiger partial charge is 0.455 e. The van der Waals surface area contributed by atoms with Gasteiger partial charge in [-0.1, -0.05) is 5.16 Å². The number of nitrogen functional groups attached to an aromatic ring is 1. The lowest BCUT2D eigenvalue weighted by atomic mass is 10.4. The van der Waals surface area contributed by atoms with Crippen LogP contribution in [0.2, 0.25) is 0 Å². The van der Waals surface area contributed by atoms with Gasteiger partial charge in [-0.05, 0) is 0 Å². The van der Waals surface area contributed by atoms with Crippen molar-refractivity contribution in [1.29, 1.82) is 0 Å². The summed E-state index contributed by atoms with van der Waals surface area (Å²) in [5.41, 5.74) is 5.31. The highest BCUT2D eigenvalue weighted by Gasteiger charge is 2.37. The average Bonchev–Trinajstić information content (AvgIpc) is 2.66. The summed E-state index contributed by atoms with van der Waals surface area (Å²) in [6, 6.07) is 0. The summed E-state index contributed by atoms with van der Waals surface area (Å²) >= 11 is 0. The molecule has 0 aromatic carbocycles. The highest BCUT2D eigenvalue weighted by Crippen LogP contribution is 2.28. The monoisotopic (exact) mass is 231 g/mol. The van der Waals surface area contributed by atoms with Gasteiger partial charge >= 0.3 is 6.18 Å². The minimum Gasteiger partial charge on any atom is -0.382 e. The lowest BCUT2D eigenvalue weighted by Crippen LogP contribution is -2.07. The van der Waals surface area contributed by atoms with E-state index in [1.54, 1.807) is 0 Å². The Morgan fingerprint density at radius 2 is 1.88 bits per heavy atom. The molecule has 0 aliphatic carbocycles. The molecular formula is C7H4F3N5O. The molecule has 0 aliphatic rings. The Balaban J connectivity index is 2.44. The van der Waals surface area contributed by atoms with Crippen LogP contribution in [0.25, 0.3) is 11.6 Å². The molecule has 2 aromatic heterocycles. The minimum atomic E-state index is -4.67. The molecule has 2 aromatic rings. The van der Waals surface area contributed by atoms with Crippen LogP contribution in [-0.2, 0) is 6.18 Å². The summed E-state index contributed by atoms with van der Waals surface area (Å²) in [6.07, 6.45) is -2.12. The predicted octanol–water partition coefficient (Wildman–Crippen LogP) is 1.13. The molecule has 16 heavy (non-hydrogen) atoms. The summed E-state index contributed by atoms with van der Waals surface area (Å²) in [5.74, 6) is -1.88. The second-order valence-electron chi connectivity index (χ2n) is 2.71. The van der Waals surface area contributed by atoms with Gasteiger partial charge in [-0.3, -0.25) is 0 Å². The number of nitrogens with zero attached hydrogens (tertiary/aromatic N) is 4. The van der Waals surface area contributed by atoms with Crippen molar-refractivity contribution in [3.05, 3.63) is 18.2 Å². The number of alkyl halides is 3. The molecule has 2 N–H and O–H groups in total. The summed E-state index contributed by atoms with van der Waals surface area (Å²) in [4.78, 5) is 10.5. The number of rotatable bonds is 1. The van der Waals surface area contributed by atoms with Crippen LogP contribution in [-0.4, -0.2) is 20.1 Å². The van der Waals surface area contributed by atoms with Gasteiger partial charge in [0.2, 0.25) is 0 Å². The van der Waals surface area contributed by atoms with Crippen LogP contribution in [0.3, 0.4) is 0 Å². The zero-order valence-electron chi connectivity index (χ0n) is 7.56. The maximum Gasteiger partial charge on any atom is 0.455 e. The molecule has 2 rings (SSSR count). The number of aromatic nitrogens is 4. The van der Waals surface area contributed by atoms with E-state index in [-0.39, 0.29) is 11.5 Å². The molecule has 0 atom stereocenters. The number of anilines is 1. The molecular weight excluding hydrogens is 227 g/mol. The second kappa shape index (κ2) is 3.43. The normalized spacial score (nSPS) is 11.7. The number of hydrogen-bond donors (Lipinski definition) is 1. The van der Waals surface area contributed by atoms with Gasteiger partial charge in [0, 0.05) is 12.4 Å². The van der Waals surface area contributed by atoms with Gasteiger partial charge in [0.25, 0.3) is 11.7 Å². The highest BCUT2D eigenvalue weighted by molar-refractivity contribution is 5.61. The standard InChI is InChI=1S/C7H4F3N5O/c8-7(9,10)6-14-5(16-15-6)3-4(11)13-2-1-12-3/h1-2H,(H2,11,13). The maximum absolute atomic E-state index is 12.2. The molecule has 6 nitrogen and oxygen atoms in total. The van der Waals surface area contributed by atoms with Gasteiger partial charge in [0.05, 0.1) is 0 Å². The fourth-order valence-electron chi connectivity index (χ4n) is 0.948. The first-order chi connectivity index (χ1) is 7.48.